The molecule has 0 spiro atoms. The molecule has 2 heterocycles. The summed E-state index contributed by atoms with van der Waals surface area (Å²) in [7, 11) is 1.66. The van der Waals surface area contributed by atoms with Gasteiger partial charge in [-0.3, -0.25) is 0 Å². The Morgan fingerprint density at radius 3 is 3.00 bits per heavy atom. The van der Waals surface area contributed by atoms with Crippen LogP contribution in [0, 0.1) is 0 Å². The van der Waals surface area contributed by atoms with Gasteiger partial charge in [-0.2, -0.15) is 5.21 Å². The number of rotatable bonds is 4. The minimum atomic E-state index is 0.572. The summed E-state index contributed by atoms with van der Waals surface area (Å²) in [5.41, 5.74) is 1.92. The van der Waals surface area contributed by atoms with E-state index >= 15 is 0 Å². The van der Waals surface area contributed by atoms with Gasteiger partial charge in [0.1, 0.15) is 10.8 Å². The van der Waals surface area contributed by atoms with E-state index < -0.39 is 0 Å². The van der Waals surface area contributed by atoms with Crippen LogP contribution in [0.15, 0.2) is 29.6 Å². The zero-order valence-corrected chi connectivity index (χ0v) is 11.0. The van der Waals surface area contributed by atoms with E-state index in [0.717, 1.165) is 22.0 Å². The Kier molecular flexibility index (Phi) is 3.20. The van der Waals surface area contributed by atoms with Gasteiger partial charge in [0.15, 0.2) is 5.82 Å². The number of thiazole rings is 1. The molecule has 3 rings (SSSR count). The van der Waals surface area contributed by atoms with Crippen LogP contribution < -0.4 is 4.74 Å². The third kappa shape index (κ3) is 2.45. The molecule has 0 aliphatic rings. The molecule has 0 unspecified atom stereocenters. The molecule has 1 aromatic carbocycles. The number of tetrazole rings is 1. The number of methoxy groups -OCH3 is 1. The SMILES string of the molecule is COc1ccccc1-c1nc(Cc2nn[nH]n2)cs1. The highest BCUT2D eigenvalue weighted by molar-refractivity contribution is 7.13. The number of benzene rings is 1. The van der Waals surface area contributed by atoms with Crippen molar-refractivity contribution in [2.75, 3.05) is 7.11 Å². The zero-order valence-electron chi connectivity index (χ0n) is 10.2. The van der Waals surface area contributed by atoms with Gasteiger partial charge in [-0.1, -0.05) is 17.3 Å². The summed E-state index contributed by atoms with van der Waals surface area (Å²) in [6.07, 6.45) is 0.572. The fourth-order valence-electron chi connectivity index (χ4n) is 1.75. The van der Waals surface area contributed by atoms with Gasteiger partial charge in [-0.05, 0) is 12.1 Å². The molecule has 19 heavy (non-hydrogen) atoms. The number of ether oxygens (including phenoxy) is 1. The molecular formula is C12H11N5OS. The predicted octanol–water partition coefficient (Wildman–Crippen LogP) is 1.92. The second-order valence-corrected chi connectivity index (χ2v) is 4.71. The standard InChI is InChI=1S/C12H11N5OS/c1-18-10-5-3-2-4-9(10)12-13-8(7-19-12)6-11-14-16-17-15-11/h2-5,7H,6H2,1H3,(H,14,15,16,17). The van der Waals surface area contributed by atoms with Gasteiger partial charge in [0, 0.05) is 5.38 Å². The van der Waals surface area contributed by atoms with Crippen LogP contribution in [0.3, 0.4) is 0 Å². The van der Waals surface area contributed by atoms with Gasteiger partial charge < -0.3 is 4.74 Å². The molecule has 2 aromatic heterocycles. The van der Waals surface area contributed by atoms with Crippen LogP contribution >= 0.6 is 11.3 Å². The summed E-state index contributed by atoms with van der Waals surface area (Å²) in [5, 5.41) is 16.7. The Bertz CT molecular complexity index is 664. The van der Waals surface area contributed by atoms with Crippen molar-refractivity contribution in [1.82, 2.24) is 25.6 Å². The lowest BCUT2D eigenvalue weighted by Gasteiger charge is -2.04. The number of aromatic nitrogens is 5. The van der Waals surface area contributed by atoms with E-state index in [-0.39, 0.29) is 0 Å². The highest BCUT2D eigenvalue weighted by atomic mass is 32.1. The lowest BCUT2D eigenvalue weighted by molar-refractivity contribution is 0.416. The Hall–Kier alpha value is -2.28. The molecule has 96 valence electrons. The molecule has 3 aromatic rings. The molecule has 0 fully saturated rings. The Labute approximate surface area is 113 Å². The smallest absolute Gasteiger partial charge is 0.180 e. The Balaban J connectivity index is 1.88. The summed E-state index contributed by atoms with van der Waals surface area (Å²) in [6, 6.07) is 7.83. The third-order valence-electron chi connectivity index (χ3n) is 2.62. The number of nitrogens with one attached hydrogen (secondary N) is 1. The molecule has 6 nitrogen and oxygen atoms in total. The number of hydrogen-bond donors (Lipinski definition) is 1. The molecule has 0 saturated heterocycles. The van der Waals surface area contributed by atoms with Crippen LogP contribution in [0.25, 0.3) is 10.6 Å². The minimum Gasteiger partial charge on any atom is -0.496 e. The van der Waals surface area contributed by atoms with Crippen LogP contribution in [0.4, 0.5) is 0 Å². The topological polar surface area (TPSA) is 76.6 Å². The Morgan fingerprint density at radius 2 is 2.21 bits per heavy atom. The maximum absolute atomic E-state index is 5.34. The first-order valence-electron chi connectivity index (χ1n) is 5.67. The van der Waals surface area contributed by atoms with Crippen molar-refractivity contribution in [3.63, 3.8) is 0 Å². The molecule has 0 radical (unpaired) electrons. The largest absolute Gasteiger partial charge is 0.496 e. The second kappa shape index (κ2) is 5.15. The quantitative estimate of drug-likeness (QED) is 0.786. The Morgan fingerprint density at radius 1 is 1.32 bits per heavy atom. The lowest BCUT2D eigenvalue weighted by Crippen LogP contribution is -1.92. The summed E-state index contributed by atoms with van der Waals surface area (Å²) in [6.45, 7) is 0. The fourth-order valence-corrected chi connectivity index (χ4v) is 2.60. The zero-order chi connectivity index (χ0) is 13.1. The van der Waals surface area contributed by atoms with Crippen LogP contribution in [-0.4, -0.2) is 32.7 Å². The summed E-state index contributed by atoms with van der Waals surface area (Å²) in [5.74, 6) is 1.46. The van der Waals surface area contributed by atoms with Gasteiger partial charge in [0.05, 0.1) is 24.8 Å². The van der Waals surface area contributed by atoms with E-state index in [1.165, 1.54) is 0 Å². The van der Waals surface area contributed by atoms with E-state index in [1.54, 1.807) is 18.4 Å². The minimum absolute atomic E-state index is 0.572. The van der Waals surface area contributed by atoms with Crippen molar-refractivity contribution in [3.8, 4) is 16.3 Å². The highest BCUT2D eigenvalue weighted by Crippen LogP contribution is 2.32. The van der Waals surface area contributed by atoms with Crippen LogP contribution in [-0.2, 0) is 6.42 Å². The van der Waals surface area contributed by atoms with Crippen LogP contribution in [0.2, 0.25) is 0 Å². The van der Waals surface area contributed by atoms with Crippen molar-refractivity contribution in [1.29, 1.82) is 0 Å². The van der Waals surface area contributed by atoms with E-state index in [0.29, 0.717) is 12.2 Å². The van der Waals surface area contributed by atoms with Gasteiger partial charge >= 0.3 is 0 Å². The number of nitrogens with zero attached hydrogens (tertiary/aromatic N) is 4. The normalized spacial score (nSPS) is 10.6. The first-order valence-corrected chi connectivity index (χ1v) is 6.55. The molecule has 0 saturated carbocycles. The molecule has 0 bridgehead atoms. The fraction of sp³-hybridized carbons (Fsp3) is 0.167. The van der Waals surface area contributed by atoms with Gasteiger partial charge in [-0.25, -0.2) is 4.98 Å². The number of hydrogen-bond acceptors (Lipinski definition) is 6. The molecule has 0 atom stereocenters. The van der Waals surface area contributed by atoms with Crippen LogP contribution in [0.1, 0.15) is 11.5 Å². The second-order valence-electron chi connectivity index (χ2n) is 3.85. The highest BCUT2D eigenvalue weighted by Gasteiger charge is 2.11. The van der Waals surface area contributed by atoms with Crippen molar-refractivity contribution < 1.29 is 4.74 Å². The number of aromatic amines is 1. The molecule has 0 amide bonds. The first kappa shape index (κ1) is 11.8. The van der Waals surface area contributed by atoms with Gasteiger partial charge in [-0.15, -0.1) is 21.5 Å². The summed E-state index contributed by atoms with van der Waals surface area (Å²) >= 11 is 1.58. The van der Waals surface area contributed by atoms with Crippen molar-refractivity contribution in [2.45, 2.75) is 6.42 Å². The third-order valence-corrected chi connectivity index (χ3v) is 3.54. The lowest BCUT2D eigenvalue weighted by atomic mass is 10.2. The summed E-state index contributed by atoms with van der Waals surface area (Å²) < 4.78 is 5.34. The molecular weight excluding hydrogens is 262 g/mol. The van der Waals surface area contributed by atoms with Gasteiger partial charge in [0.25, 0.3) is 0 Å². The van der Waals surface area contributed by atoms with E-state index in [9.17, 15) is 0 Å². The van der Waals surface area contributed by atoms with Crippen molar-refractivity contribution in [2.24, 2.45) is 0 Å². The molecule has 7 heteroatoms. The van der Waals surface area contributed by atoms with Crippen LogP contribution in [0.5, 0.6) is 5.75 Å². The average molecular weight is 273 g/mol. The maximum Gasteiger partial charge on any atom is 0.180 e. The van der Waals surface area contributed by atoms with Gasteiger partial charge in [0.2, 0.25) is 0 Å². The van der Waals surface area contributed by atoms with Crippen molar-refractivity contribution >= 4 is 11.3 Å². The van der Waals surface area contributed by atoms with E-state index in [1.807, 2.05) is 29.6 Å². The van der Waals surface area contributed by atoms with Crippen molar-refractivity contribution in [3.05, 3.63) is 41.2 Å². The molecule has 0 aliphatic heterocycles. The average Bonchev–Trinajstić information content (AvgIpc) is 3.11. The van der Waals surface area contributed by atoms with E-state index in [4.69, 9.17) is 4.74 Å². The molecule has 0 aliphatic carbocycles. The number of para-hydroxylation sites is 1. The predicted molar refractivity (Wildman–Crippen MR) is 71.1 cm³/mol. The van der Waals surface area contributed by atoms with E-state index in [2.05, 4.69) is 25.6 Å². The number of H-pyrrole nitrogens is 1. The molecule has 1 N–H and O–H groups in total. The maximum atomic E-state index is 5.34. The monoisotopic (exact) mass is 273 g/mol. The first-order chi connectivity index (χ1) is 9.36. The summed E-state index contributed by atoms with van der Waals surface area (Å²) in [4.78, 5) is 4.58.